The maximum atomic E-state index is 13.7. The number of para-hydroxylation sites is 1. The Hall–Kier alpha value is -3.50. The summed E-state index contributed by atoms with van der Waals surface area (Å²) in [5, 5.41) is 5.98. The van der Waals surface area contributed by atoms with Crippen molar-refractivity contribution in [1.82, 2.24) is 19.0 Å². The van der Waals surface area contributed by atoms with Gasteiger partial charge in [-0.05, 0) is 99.2 Å². The van der Waals surface area contributed by atoms with Gasteiger partial charge in [-0.1, -0.05) is 53.0 Å². The Balaban J connectivity index is 1.49. The van der Waals surface area contributed by atoms with Crippen molar-refractivity contribution in [2.45, 2.75) is 45.7 Å². The molecule has 1 atom stereocenters. The van der Waals surface area contributed by atoms with Gasteiger partial charge in [0, 0.05) is 45.8 Å². The van der Waals surface area contributed by atoms with E-state index in [1.807, 2.05) is 83.8 Å². The zero-order chi connectivity index (χ0) is 32.9. The highest BCUT2D eigenvalue weighted by Gasteiger charge is 2.43. The van der Waals surface area contributed by atoms with Crippen molar-refractivity contribution >= 4 is 51.2 Å². The molecular weight excluding hydrogens is 706 g/mol. The number of nitrogens with zero attached hydrogens (tertiary/aromatic N) is 5. The molecule has 12 heteroatoms. The molecule has 0 bridgehead atoms. The average Bonchev–Trinajstić information content (AvgIpc) is 3.43. The van der Waals surface area contributed by atoms with E-state index in [1.54, 1.807) is 6.07 Å². The number of rotatable bonds is 5. The minimum Gasteiger partial charge on any atom is -0.431 e. The summed E-state index contributed by atoms with van der Waals surface area (Å²) in [7, 11) is 0. The highest BCUT2D eigenvalue weighted by Crippen LogP contribution is 2.58. The Morgan fingerprint density at radius 2 is 1.53 bits per heavy atom. The van der Waals surface area contributed by atoms with Gasteiger partial charge in [0.05, 0.1) is 11.3 Å². The van der Waals surface area contributed by atoms with Crippen LogP contribution in [0.5, 0.6) is 0 Å². The Kier molecular flexibility index (Phi) is 8.53. The highest BCUT2D eigenvalue weighted by molar-refractivity contribution is 9.10. The number of alkyl halides is 3. The zero-order valence-corrected chi connectivity index (χ0v) is 29.1. The fourth-order valence-corrected chi connectivity index (χ4v) is 10.4. The van der Waals surface area contributed by atoms with E-state index in [4.69, 9.17) is 26.4 Å². The molecule has 242 valence electrons. The van der Waals surface area contributed by atoms with E-state index < -0.39 is 18.2 Å². The van der Waals surface area contributed by atoms with Gasteiger partial charge in [-0.3, -0.25) is 0 Å². The van der Waals surface area contributed by atoms with E-state index in [0.717, 1.165) is 82.8 Å². The normalized spacial score (nSPS) is 18.7. The standard InChI is InChI=1S/C35H32BrF3N5OPS/c1-23-21-30(24(2)43(23)29-14-10-11-26(22-29)35(37,38)39)31-32-33(44(41-31)28-12-6-5-7-13-28)40-34(25-15-17-27(36)18-16-25)45-46(32,47)42-19-8-3-4-9-20-42/h5-7,10-18,21-22H,3-4,8-9,19-20H2,1-2H3. The Labute approximate surface area is 285 Å². The van der Waals surface area contributed by atoms with E-state index in [9.17, 15) is 13.2 Å². The van der Waals surface area contributed by atoms with Crippen LogP contribution in [0.25, 0.3) is 22.6 Å². The molecule has 2 aliphatic heterocycles. The number of hydrogen-bond acceptors (Lipinski definition) is 4. The molecule has 3 aromatic carbocycles. The second-order valence-electron chi connectivity index (χ2n) is 11.8. The van der Waals surface area contributed by atoms with Crippen LogP contribution in [0.4, 0.5) is 19.0 Å². The molecule has 0 saturated carbocycles. The van der Waals surface area contributed by atoms with Crippen LogP contribution in [0, 0.1) is 13.8 Å². The van der Waals surface area contributed by atoms with Crippen molar-refractivity contribution in [2.75, 3.05) is 13.1 Å². The zero-order valence-electron chi connectivity index (χ0n) is 25.8. The molecule has 0 radical (unpaired) electrons. The fraction of sp³-hybridized carbons (Fsp3) is 0.257. The Bertz CT molecular complexity index is 2030. The number of aromatic nitrogens is 3. The van der Waals surface area contributed by atoms with Crippen LogP contribution in [-0.4, -0.2) is 38.0 Å². The van der Waals surface area contributed by atoms with Crippen molar-refractivity contribution in [3.05, 3.63) is 112 Å². The van der Waals surface area contributed by atoms with Gasteiger partial charge in [-0.2, -0.15) is 23.3 Å². The van der Waals surface area contributed by atoms with Gasteiger partial charge in [0.2, 0.25) is 12.3 Å². The maximum absolute atomic E-state index is 13.7. The van der Waals surface area contributed by atoms with Gasteiger partial charge < -0.3 is 9.09 Å². The van der Waals surface area contributed by atoms with Crippen LogP contribution >= 0.6 is 22.3 Å². The summed E-state index contributed by atoms with van der Waals surface area (Å²) in [6.45, 7) is 5.39. The van der Waals surface area contributed by atoms with E-state index >= 15 is 0 Å². The quantitative estimate of drug-likeness (QED) is 0.169. The molecule has 1 unspecified atom stereocenters. The molecule has 0 aliphatic carbocycles. The molecular formula is C35H32BrF3N5OPS. The molecule has 0 N–H and O–H groups in total. The van der Waals surface area contributed by atoms with Gasteiger partial charge in [-0.15, -0.1) is 0 Å². The van der Waals surface area contributed by atoms with Gasteiger partial charge in [0.15, 0.2) is 5.82 Å². The number of fused-ring (bicyclic) bond motifs is 1. The van der Waals surface area contributed by atoms with E-state index in [1.165, 1.54) is 12.1 Å². The van der Waals surface area contributed by atoms with Gasteiger partial charge in [0.1, 0.15) is 11.0 Å². The lowest BCUT2D eigenvalue weighted by molar-refractivity contribution is -0.137. The third-order valence-corrected chi connectivity index (χ3v) is 13.2. The molecule has 1 saturated heterocycles. The summed E-state index contributed by atoms with van der Waals surface area (Å²) in [6, 6.07) is 25.0. The van der Waals surface area contributed by atoms with E-state index in [0.29, 0.717) is 23.1 Å². The van der Waals surface area contributed by atoms with E-state index in [-0.39, 0.29) is 0 Å². The molecule has 6 nitrogen and oxygen atoms in total. The highest BCUT2D eigenvalue weighted by atomic mass is 79.9. The summed E-state index contributed by atoms with van der Waals surface area (Å²) in [4.78, 5) is 5.12. The first kappa shape index (κ1) is 32.1. The lowest BCUT2D eigenvalue weighted by Gasteiger charge is -2.36. The number of aliphatic imine (C=N–C) groups is 1. The lowest BCUT2D eigenvalue weighted by Crippen LogP contribution is -2.32. The predicted molar refractivity (Wildman–Crippen MR) is 188 cm³/mol. The van der Waals surface area contributed by atoms with Gasteiger partial charge in [-0.25, -0.2) is 9.35 Å². The minimum absolute atomic E-state index is 0.427. The van der Waals surface area contributed by atoms with Crippen LogP contribution in [0.15, 0.2) is 94.4 Å². The Morgan fingerprint density at radius 3 is 2.21 bits per heavy atom. The molecule has 0 spiro atoms. The number of benzene rings is 3. The predicted octanol–water partition coefficient (Wildman–Crippen LogP) is 9.65. The smallest absolute Gasteiger partial charge is 0.416 e. The van der Waals surface area contributed by atoms with Crippen LogP contribution in [-0.2, 0) is 22.5 Å². The van der Waals surface area contributed by atoms with Gasteiger partial charge >= 0.3 is 6.18 Å². The maximum Gasteiger partial charge on any atom is 0.416 e. The van der Waals surface area contributed by atoms with Crippen molar-refractivity contribution in [3.63, 3.8) is 0 Å². The summed E-state index contributed by atoms with van der Waals surface area (Å²) in [5.74, 6) is 1.07. The lowest BCUT2D eigenvalue weighted by atomic mass is 10.1. The summed E-state index contributed by atoms with van der Waals surface area (Å²) < 4.78 is 55.0. The molecule has 2 aromatic heterocycles. The molecule has 4 heterocycles. The van der Waals surface area contributed by atoms with E-state index in [2.05, 4.69) is 20.6 Å². The Morgan fingerprint density at radius 1 is 0.851 bits per heavy atom. The average molecular weight is 739 g/mol. The number of halogens is 4. The van der Waals surface area contributed by atoms with Crippen molar-refractivity contribution < 1.29 is 17.7 Å². The molecule has 5 aromatic rings. The second kappa shape index (κ2) is 12.5. The van der Waals surface area contributed by atoms with Crippen molar-refractivity contribution in [1.29, 1.82) is 0 Å². The largest absolute Gasteiger partial charge is 0.431 e. The summed E-state index contributed by atoms with van der Waals surface area (Å²) >= 11 is 10.2. The SMILES string of the molecule is Cc1cc(-c2nn(-c3ccccc3)c3c2P(=S)(N2CCCCCC2)OC(c2ccc(Br)cc2)=N3)c(C)n1-c1cccc(C(F)(F)F)c1. The van der Waals surface area contributed by atoms with Crippen LogP contribution < -0.4 is 5.30 Å². The number of hydrogen-bond donors (Lipinski definition) is 0. The minimum atomic E-state index is -4.46. The summed E-state index contributed by atoms with van der Waals surface area (Å²) in [5.41, 5.74) is 4.31. The fourth-order valence-electron chi connectivity index (χ4n) is 6.42. The number of aryl methyl sites for hydroxylation is 1. The van der Waals surface area contributed by atoms with Crippen LogP contribution in [0.1, 0.15) is 48.2 Å². The monoisotopic (exact) mass is 737 g/mol. The molecule has 7 rings (SSSR count). The summed E-state index contributed by atoms with van der Waals surface area (Å²) in [6.07, 6.45) is -3.18. The molecule has 0 amide bonds. The first-order valence-electron chi connectivity index (χ1n) is 15.5. The second-order valence-corrected chi connectivity index (χ2v) is 16.5. The topological polar surface area (TPSA) is 47.6 Å². The molecule has 2 aliphatic rings. The van der Waals surface area contributed by atoms with Crippen molar-refractivity contribution in [3.8, 4) is 22.6 Å². The first-order chi connectivity index (χ1) is 22.5. The third-order valence-electron chi connectivity index (χ3n) is 8.70. The van der Waals surface area contributed by atoms with Crippen LogP contribution in [0.3, 0.4) is 0 Å². The van der Waals surface area contributed by atoms with Crippen LogP contribution in [0.2, 0.25) is 0 Å². The molecule has 1 fully saturated rings. The van der Waals surface area contributed by atoms with Gasteiger partial charge in [0.25, 0.3) is 0 Å². The first-order valence-corrected chi connectivity index (χ1v) is 19.0. The van der Waals surface area contributed by atoms with Crippen molar-refractivity contribution in [2.24, 2.45) is 4.99 Å². The molecule has 47 heavy (non-hydrogen) atoms. The third kappa shape index (κ3) is 5.92.